The van der Waals surface area contributed by atoms with E-state index < -0.39 is 0 Å². The first-order chi connectivity index (χ1) is 13.9. The molecule has 0 N–H and O–H groups in total. The molecule has 0 atom stereocenters. The van der Waals surface area contributed by atoms with Gasteiger partial charge in [0.2, 0.25) is 0 Å². The summed E-state index contributed by atoms with van der Waals surface area (Å²) < 4.78 is 5.21. The normalized spacial score (nSPS) is 10.7. The maximum Gasteiger partial charge on any atom is 0.118 e. The molecular weight excluding hydrogens is 340 g/mol. The molecule has 1 heteroatoms. The van der Waals surface area contributed by atoms with Crippen molar-refractivity contribution in [2.45, 2.75) is 116 Å². The van der Waals surface area contributed by atoms with Crippen LogP contribution in [0.2, 0.25) is 0 Å². The summed E-state index contributed by atoms with van der Waals surface area (Å²) in [6.45, 7) is 0. The molecule has 1 aromatic carbocycles. The summed E-state index contributed by atoms with van der Waals surface area (Å²) in [4.78, 5) is 0. The molecule has 0 radical (unpaired) electrons. The predicted octanol–water partition coefficient (Wildman–Crippen LogP) is 8.50. The Morgan fingerprint density at radius 2 is 1.00 bits per heavy atom. The molecular formula is C27H44O. The molecule has 1 nitrogen and oxygen atoms in total. The monoisotopic (exact) mass is 384 g/mol. The lowest BCUT2D eigenvalue weighted by Gasteiger charge is -2.05. The van der Waals surface area contributed by atoms with Crippen LogP contribution in [0.15, 0.2) is 24.3 Å². The third-order valence-corrected chi connectivity index (χ3v) is 5.70. The van der Waals surface area contributed by atoms with E-state index in [-0.39, 0.29) is 0 Å². The number of hydrogen-bond acceptors (Lipinski definition) is 1. The first-order valence-electron chi connectivity index (χ1n) is 11.9. The Labute approximate surface area is 175 Å². The minimum atomic E-state index is 0.954. The molecule has 0 saturated heterocycles. The number of methoxy groups -OCH3 is 1. The zero-order valence-electron chi connectivity index (χ0n) is 18.5. The van der Waals surface area contributed by atoms with Crippen LogP contribution in [0, 0.1) is 12.3 Å². The molecule has 0 spiro atoms. The van der Waals surface area contributed by atoms with Crippen molar-refractivity contribution in [3.05, 3.63) is 29.8 Å². The summed E-state index contributed by atoms with van der Waals surface area (Å²) in [5.74, 6) is 3.68. The van der Waals surface area contributed by atoms with Crippen LogP contribution in [-0.2, 0) is 6.42 Å². The van der Waals surface area contributed by atoms with E-state index in [1.165, 1.54) is 115 Å². The van der Waals surface area contributed by atoms with Crippen LogP contribution in [0.3, 0.4) is 0 Å². The van der Waals surface area contributed by atoms with E-state index in [0.29, 0.717) is 0 Å². The molecule has 1 rings (SSSR count). The molecule has 0 aliphatic heterocycles. The van der Waals surface area contributed by atoms with Crippen molar-refractivity contribution < 1.29 is 4.74 Å². The fraction of sp³-hybridized carbons (Fsp3) is 0.704. The molecule has 0 bridgehead atoms. The molecule has 0 amide bonds. The minimum Gasteiger partial charge on any atom is -0.497 e. The van der Waals surface area contributed by atoms with Crippen molar-refractivity contribution in [1.82, 2.24) is 0 Å². The lowest BCUT2D eigenvalue weighted by atomic mass is 10.0. The Morgan fingerprint density at radius 3 is 1.39 bits per heavy atom. The maximum atomic E-state index is 5.27. The minimum absolute atomic E-state index is 0.954. The average molecular weight is 385 g/mol. The van der Waals surface area contributed by atoms with Crippen molar-refractivity contribution in [2.75, 3.05) is 7.11 Å². The highest BCUT2D eigenvalue weighted by atomic mass is 16.5. The first kappa shape index (κ1) is 24.6. The molecule has 1 aromatic rings. The Bertz CT molecular complexity index is 482. The highest BCUT2D eigenvalue weighted by Gasteiger charge is 1.97. The maximum absolute atomic E-state index is 5.27. The van der Waals surface area contributed by atoms with Crippen molar-refractivity contribution >= 4 is 0 Å². The van der Waals surface area contributed by atoms with Gasteiger partial charge in [-0.25, -0.2) is 0 Å². The van der Waals surface area contributed by atoms with Crippen LogP contribution in [0.5, 0.6) is 5.75 Å². The highest BCUT2D eigenvalue weighted by Crippen LogP contribution is 2.16. The summed E-state index contributed by atoms with van der Waals surface area (Å²) in [7, 11) is 1.72. The van der Waals surface area contributed by atoms with Gasteiger partial charge in [0.15, 0.2) is 0 Å². The van der Waals surface area contributed by atoms with E-state index >= 15 is 0 Å². The van der Waals surface area contributed by atoms with Crippen molar-refractivity contribution in [3.8, 4) is 18.1 Å². The third-order valence-electron chi connectivity index (χ3n) is 5.70. The smallest absolute Gasteiger partial charge is 0.118 e. The molecule has 0 saturated carbocycles. The predicted molar refractivity (Wildman–Crippen MR) is 124 cm³/mol. The summed E-state index contributed by atoms with van der Waals surface area (Å²) in [6, 6.07) is 8.52. The molecule has 0 heterocycles. The first-order valence-corrected chi connectivity index (χ1v) is 11.9. The molecule has 28 heavy (non-hydrogen) atoms. The van der Waals surface area contributed by atoms with Gasteiger partial charge in [-0.3, -0.25) is 0 Å². The second-order valence-electron chi connectivity index (χ2n) is 8.21. The number of aryl methyl sites for hydroxylation is 1. The topological polar surface area (TPSA) is 9.23 Å². The van der Waals surface area contributed by atoms with Crippen LogP contribution in [-0.4, -0.2) is 7.11 Å². The fourth-order valence-corrected chi connectivity index (χ4v) is 3.82. The second kappa shape index (κ2) is 18.9. The van der Waals surface area contributed by atoms with E-state index in [1.54, 1.807) is 7.11 Å². The molecule has 0 aliphatic carbocycles. The molecule has 0 aliphatic rings. The van der Waals surface area contributed by atoms with Crippen molar-refractivity contribution in [1.29, 1.82) is 0 Å². The quantitative estimate of drug-likeness (QED) is 0.171. The molecule has 0 aromatic heterocycles. The lowest BCUT2D eigenvalue weighted by molar-refractivity contribution is 0.414. The van der Waals surface area contributed by atoms with Gasteiger partial charge >= 0.3 is 0 Å². The van der Waals surface area contributed by atoms with Gasteiger partial charge < -0.3 is 4.74 Å². The average Bonchev–Trinajstić information content (AvgIpc) is 2.73. The van der Waals surface area contributed by atoms with E-state index in [4.69, 9.17) is 11.2 Å². The number of unbranched alkanes of at least 4 members (excludes halogenated alkanes) is 16. The Balaban J connectivity index is 1.74. The number of terminal acetylenes is 1. The van der Waals surface area contributed by atoms with Gasteiger partial charge in [0.1, 0.15) is 5.75 Å². The SMILES string of the molecule is C#CCCCCCCCCCCCCCCCCCCc1ccc(OC)cc1. The zero-order chi connectivity index (χ0) is 20.1. The van der Waals surface area contributed by atoms with Gasteiger partial charge in [0.25, 0.3) is 0 Å². The van der Waals surface area contributed by atoms with E-state index in [0.717, 1.165) is 12.2 Å². The van der Waals surface area contributed by atoms with Crippen LogP contribution in [0.25, 0.3) is 0 Å². The highest BCUT2D eigenvalue weighted by molar-refractivity contribution is 5.27. The Hall–Kier alpha value is -1.42. The summed E-state index contributed by atoms with van der Waals surface area (Å²) in [5.41, 5.74) is 1.43. The van der Waals surface area contributed by atoms with Crippen LogP contribution < -0.4 is 4.74 Å². The van der Waals surface area contributed by atoms with Crippen LogP contribution in [0.4, 0.5) is 0 Å². The van der Waals surface area contributed by atoms with E-state index in [9.17, 15) is 0 Å². The van der Waals surface area contributed by atoms with E-state index in [2.05, 4.69) is 30.2 Å². The van der Waals surface area contributed by atoms with Crippen LogP contribution >= 0.6 is 0 Å². The zero-order valence-corrected chi connectivity index (χ0v) is 18.5. The van der Waals surface area contributed by atoms with Crippen molar-refractivity contribution in [3.63, 3.8) is 0 Å². The van der Waals surface area contributed by atoms with Gasteiger partial charge in [-0.15, -0.1) is 12.3 Å². The van der Waals surface area contributed by atoms with Gasteiger partial charge in [-0.05, 0) is 37.0 Å². The number of rotatable bonds is 19. The van der Waals surface area contributed by atoms with Gasteiger partial charge in [-0.1, -0.05) is 102 Å². The van der Waals surface area contributed by atoms with Gasteiger partial charge in [0.05, 0.1) is 7.11 Å². The molecule has 0 unspecified atom stereocenters. The Kier molecular flexibility index (Phi) is 16.6. The summed E-state index contributed by atoms with van der Waals surface area (Å²) in [5, 5.41) is 0. The molecule has 0 fully saturated rings. The Morgan fingerprint density at radius 1 is 0.607 bits per heavy atom. The second-order valence-corrected chi connectivity index (χ2v) is 8.21. The number of hydrogen-bond donors (Lipinski definition) is 0. The summed E-state index contributed by atoms with van der Waals surface area (Å²) in [6.07, 6.45) is 29.8. The standard InChI is InChI=1S/C27H44O/c1-3-4-5-6-7-8-9-10-11-12-13-14-15-16-17-18-19-20-21-26-22-24-27(28-2)25-23-26/h1,22-25H,4-21H2,2H3. The fourth-order valence-electron chi connectivity index (χ4n) is 3.82. The summed E-state index contributed by atoms with van der Waals surface area (Å²) >= 11 is 0. The lowest BCUT2D eigenvalue weighted by Crippen LogP contribution is -1.88. The van der Waals surface area contributed by atoms with E-state index in [1.807, 2.05) is 0 Å². The van der Waals surface area contributed by atoms with Gasteiger partial charge in [-0.2, -0.15) is 0 Å². The largest absolute Gasteiger partial charge is 0.497 e. The van der Waals surface area contributed by atoms with Crippen molar-refractivity contribution in [2.24, 2.45) is 0 Å². The third kappa shape index (κ3) is 14.6. The molecule has 158 valence electrons. The van der Waals surface area contributed by atoms with Crippen LogP contribution in [0.1, 0.15) is 115 Å². The van der Waals surface area contributed by atoms with Gasteiger partial charge in [0, 0.05) is 6.42 Å². The number of benzene rings is 1. The number of ether oxygens (including phenoxy) is 1.